The van der Waals surface area contributed by atoms with Gasteiger partial charge in [-0.3, -0.25) is 13.8 Å². The molecule has 0 heterocycles. The minimum atomic E-state index is -4.27. The number of rotatable bonds is 19. The summed E-state index contributed by atoms with van der Waals surface area (Å²) in [6, 6.07) is -0.833. The number of allylic oxidation sites excluding steroid dienone is 1. The first-order valence-corrected chi connectivity index (χ1v) is 13.1. The standard InChI is InChI=1S/C22H45N2O6P/c1-6-8-9-10-11-12-13-14-15-16-21(25)20(23-22(26)7-2)19-30-31(27,28)29-18-17-24(3,4)5/h15-16,20-21,25H,6-14,17-19H2,1-5H3,(H-,23,26,27,28)/p+1/b16-15+. The highest BCUT2D eigenvalue weighted by Gasteiger charge is 2.27. The molecule has 0 fully saturated rings. The number of aliphatic hydroxyl groups excluding tert-OH is 1. The van der Waals surface area contributed by atoms with Gasteiger partial charge >= 0.3 is 7.82 Å². The van der Waals surface area contributed by atoms with Crippen molar-refractivity contribution in [1.29, 1.82) is 0 Å². The molecule has 3 N–H and O–H groups in total. The summed E-state index contributed by atoms with van der Waals surface area (Å²) in [6.07, 6.45) is 12.1. The van der Waals surface area contributed by atoms with E-state index in [1.807, 2.05) is 27.2 Å². The summed E-state index contributed by atoms with van der Waals surface area (Å²) in [4.78, 5) is 21.7. The number of amides is 1. The summed E-state index contributed by atoms with van der Waals surface area (Å²) in [5.41, 5.74) is 0. The van der Waals surface area contributed by atoms with E-state index < -0.39 is 20.0 Å². The van der Waals surface area contributed by atoms with Crippen molar-refractivity contribution in [3.63, 3.8) is 0 Å². The SMILES string of the molecule is CCCCCCCCC/C=C/C(O)C(COP(=O)(O)OCC[N+](C)(C)C)NC(=O)CC. The molecular formula is C22H46N2O6P+. The van der Waals surface area contributed by atoms with Crippen molar-refractivity contribution in [2.45, 2.75) is 83.8 Å². The molecule has 0 aromatic rings. The third-order valence-electron chi connectivity index (χ3n) is 4.82. The fourth-order valence-corrected chi connectivity index (χ4v) is 3.50. The molecule has 9 heteroatoms. The van der Waals surface area contributed by atoms with Crippen LogP contribution in [0.4, 0.5) is 0 Å². The molecule has 184 valence electrons. The summed E-state index contributed by atoms with van der Waals surface area (Å²) >= 11 is 0. The van der Waals surface area contributed by atoms with Crippen LogP contribution in [0.25, 0.3) is 0 Å². The number of carbonyl (C=O) groups is 1. The van der Waals surface area contributed by atoms with Gasteiger partial charge in [0, 0.05) is 6.42 Å². The van der Waals surface area contributed by atoms with Gasteiger partial charge in [-0.1, -0.05) is 64.5 Å². The van der Waals surface area contributed by atoms with Crippen LogP contribution in [0.15, 0.2) is 12.2 Å². The van der Waals surface area contributed by atoms with E-state index >= 15 is 0 Å². The first-order valence-electron chi connectivity index (χ1n) is 11.6. The number of hydrogen-bond acceptors (Lipinski definition) is 5. The Morgan fingerprint density at radius 1 is 1.06 bits per heavy atom. The lowest BCUT2D eigenvalue weighted by Gasteiger charge is -2.25. The number of carbonyl (C=O) groups excluding carboxylic acids is 1. The summed E-state index contributed by atoms with van der Waals surface area (Å²) in [6.45, 7) is 4.17. The number of unbranched alkanes of at least 4 members (excludes halogenated alkanes) is 7. The Hall–Kier alpha value is -0.760. The topological polar surface area (TPSA) is 105 Å². The Morgan fingerprint density at radius 3 is 2.26 bits per heavy atom. The zero-order chi connectivity index (χ0) is 23.8. The lowest BCUT2D eigenvalue weighted by atomic mass is 10.1. The smallest absolute Gasteiger partial charge is 0.387 e. The van der Waals surface area contributed by atoms with E-state index in [-0.39, 0.29) is 25.5 Å². The van der Waals surface area contributed by atoms with Crippen molar-refractivity contribution in [3.8, 4) is 0 Å². The molecule has 0 spiro atoms. The quantitative estimate of drug-likeness (QED) is 0.116. The van der Waals surface area contributed by atoms with Crippen LogP contribution in [0.2, 0.25) is 0 Å². The van der Waals surface area contributed by atoms with Crippen LogP contribution in [-0.4, -0.2) is 73.4 Å². The first-order chi connectivity index (χ1) is 14.5. The van der Waals surface area contributed by atoms with Gasteiger partial charge < -0.3 is 19.8 Å². The number of quaternary nitrogens is 1. The van der Waals surface area contributed by atoms with E-state index in [9.17, 15) is 19.4 Å². The van der Waals surface area contributed by atoms with Crippen LogP contribution in [0.1, 0.15) is 71.6 Å². The van der Waals surface area contributed by atoms with Gasteiger partial charge in [0.25, 0.3) is 0 Å². The van der Waals surface area contributed by atoms with Crippen LogP contribution in [0, 0.1) is 0 Å². The van der Waals surface area contributed by atoms with Crippen LogP contribution in [0.3, 0.4) is 0 Å². The Morgan fingerprint density at radius 2 is 1.68 bits per heavy atom. The average molecular weight is 466 g/mol. The van der Waals surface area contributed by atoms with Gasteiger partial charge in [-0.25, -0.2) is 4.57 Å². The third kappa shape index (κ3) is 18.5. The molecule has 0 bridgehead atoms. The molecule has 31 heavy (non-hydrogen) atoms. The Labute approximate surface area is 189 Å². The maximum atomic E-state index is 12.1. The fraction of sp³-hybridized carbons (Fsp3) is 0.864. The number of aliphatic hydroxyl groups is 1. The van der Waals surface area contributed by atoms with E-state index in [1.165, 1.54) is 32.1 Å². The van der Waals surface area contributed by atoms with Gasteiger partial charge in [-0.2, -0.15) is 0 Å². The Bertz CT molecular complexity index is 551. The summed E-state index contributed by atoms with van der Waals surface area (Å²) in [5, 5.41) is 13.1. The van der Waals surface area contributed by atoms with Gasteiger partial charge in [0.2, 0.25) is 5.91 Å². The van der Waals surface area contributed by atoms with Crippen molar-refractivity contribution in [2.24, 2.45) is 0 Å². The van der Waals surface area contributed by atoms with Crippen LogP contribution in [0.5, 0.6) is 0 Å². The maximum Gasteiger partial charge on any atom is 0.472 e. The molecule has 0 saturated heterocycles. The summed E-state index contributed by atoms with van der Waals surface area (Å²) in [7, 11) is 1.55. The minimum absolute atomic E-state index is 0.0597. The highest BCUT2D eigenvalue weighted by molar-refractivity contribution is 7.47. The number of nitrogens with zero attached hydrogens (tertiary/aromatic N) is 1. The predicted octanol–water partition coefficient (Wildman–Crippen LogP) is 3.78. The molecule has 0 aliphatic carbocycles. The minimum Gasteiger partial charge on any atom is -0.387 e. The maximum absolute atomic E-state index is 12.1. The van der Waals surface area contributed by atoms with Gasteiger partial charge in [0.05, 0.1) is 39.9 Å². The van der Waals surface area contributed by atoms with E-state index in [2.05, 4.69) is 12.2 Å². The Kier molecular flexibility index (Phi) is 16.4. The number of phosphoric acid groups is 1. The molecule has 0 radical (unpaired) electrons. The molecule has 0 rings (SSSR count). The molecule has 0 aliphatic rings. The van der Waals surface area contributed by atoms with E-state index in [1.54, 1.807) is 13.0 Å². The van der Waals surface area contributed by atoms with Crippen LogP contribution < -0.4 is 5.32 Å². The molecule has 8 nitrogen and oxygen atoms in total. The van der Waals surface area contributed by atoms with E-state index in [4.69, 9.17) is 9.05 Å². The fourth-order valence-electron chi connectivity index (χ4n) is 2.77. The van der Waals surface area contributed by atoms with Crippen LogP contribution >= 0.6 is 7.82 Å². The zero-order valence-electron chi connectivity index (χ0n) is 20.2. The zero-order valence-corrected chi connectivity index (χ0v) is 21.1. The second-order valence-electron chi connectivity index (χ2n) is 8.97. The van der Waals surface area contributed by atoms with Gasteiger partial charge in [0.15, 0.2) is 0 Å². The number of likely N-dealkylation sites (N-methyl/N-ethyl adjacent to an activating group) is 1. The highest BCUT2D eigenvalue weighted by atomic mass is 31.2. The second-order valence-corrected chi connectivity index (χ2v) is 10.4. The molecule has 0 aromatic heterocycles. The number of phosphoric ester groups is 1. The molecule has 0 aliphatic heterocycles. The lowest BCUT2D eigenvalue weighted by Crippen LogP contribution is -2.45. The van der Waals surface area contributed by atoms with Crippen molar-refractivity contribution >= 4 is 13.7 Å². The second kappa shape index (κ2) is 16.8. The predicted molar refractivity (Wildman–Crippen MR) is 125 cm³/mol. The molecule has 3 unspecified atom stereocenters. The summed E-state index contributed by atoms with van der Waals surface area (Å²) < 4.78 is 22.7. The van der Waals surface area contributed by atoms with E-state index in [0.717, 1.165) is 19.3 Å². The molecule has 0 aromatic carbocycles. The molecule has 0 saturated carbocycles. The van der Waals surface area contributed by atoms with Crippen LogP contribution in [-0.2, 0) is 18.4 Å². The molecule has 3 atom stereocenters. The molecular weight excluding hydrogens is 419 g/mol. The van der Waals surface area contributed by atoms with Crippen molar-refractivity contribution in [2.75, 3.05) is 40.9 Å². The van der Waals surface area contributed by atoms with Gasteiger partial charge in [0.1, 0.15) is 13.2 Å². The van der Waals surface area contributed by atoms with E-state index in [0.29, 0.717) is 11.0 Å². The normalized spacial score (nSPS) is 16.2. The van der Waals surface area contributed by atoms with Gasteiger partial charge in [-0.15, -0.1) is 0 Å². The van der Waals surface area contributed by atoms with Crippen molar-refractivity contribution in [1.82, 2.24) is 5.32 Å². The summed E-state index contributed by atoms with van der Waals surface area (Å²) in [5.74, 6) is -0.271. The molecule has 1 amide bonds. The monoisotopic (exact) mass is 465 g/mol. The van der Waals surface area contributed by atoms with Gasteiger partial charge in [-0.05, 0) is 12.8 Å². The first kappa shape index (κ1) is 30.2. The number of nitrogens with one attached hydrogen (secondary N) is 1. The number of hydrogen-bond donors (Lipinski definition) is 3. The van der Waals surface area contributed by atoms with Crippen molar-refractivity contribution in [3.05, 3.63) is 12.2 Å². The lowest BCUT2D eigenvalue weighted by molar-refractivity contribution is -0.870. The third-order valence-corrected chi connectivity index (χ3v) is 5.81. The Balaban J connectivity index is 4.49. The van der Waals surface area contributed by atoms with Crippen molar-refractivity contribution < 1.29 is 32.9 Å². The average Bonchev–Trinajstić information content (AvgIpc) is 2.68. The highest BCUT2D eigenvalue weighted by Crippen LogP contribution is 2.43. The largest absolute Gasteiger partial charge is 0.472 e.